The van der Waals surface area contributed by atoms with Gasteiger partial charge < -0.3 is 0 Å². The van der Waals surface area contributed by atoms with Crippen molar-refractivity contribution in [2.75, 3.05) is 0 Å². The zero-order chi connectivity index (χ0) is 10.3. The highest BCUT2D eigenvalue weighted by Gasteiger charge is 2.91. The Morgan fingerprint density at radius 3 is 1.54 bits per heavy atom. The van der Waals surface area contributed by atoms with E-state index in [1.807, 2.05) is 27.7 Å². The van der Waals surface area contributed by atoms with Gasteiger partial charge in [-0.05, 0) is 0 Å². The number of thiocarbonyl (C=S) groups is 1. The second-order valence-corrected chi connectivity index (χ2v) is 6.62. The second kappa shape index (κ2) is 1.96. The minimum atomic E-state index is -2.58. The Morgan fingerprint density at radius 1 is 1.08 bits per heavy atom. The molecule has 2 aliphatic rings. The van der Waals surface area contributed by atoms with E-state index < -0.39 is 20.8 Å². The summed E-state index contributed by atoms with van der Waals surface area (Å²) in [6, 6.07) is 0. The Morgan fingerprint density at radius 2 is 1.38 bits per heavy atom. The normalized spacial score (nSPS) is 35.7. The summed E-state index contributed by atoms with van der Waals surface area (Å²) >= 11 is 5.98. The third-order valence-corrected chi connectivity index (χ3v) is 6.51. The Bertz CT molecular complexity index is 287. The highest BCUT2D eigenvalue weighted by Crippen LogP contribution is 2.86. The number of rotatable bonds is 0. The first-order chi connectivity index (χ1) is 5.61. The van der Waals surface area contributed by atoms with Crippen molar-refractivity contribution in [3.63, 3.8) is 0 Å². The van der Waals surface area contributed by atoms with Crippen LogP contribution in [0, 0.1) is 10.8 Å². The van der Waals surface area contributed by atoms with Gasteiger partial charge in [0.15, 0.2) is 0 Å². The van der Waals surface area contributed by atoms with Crippen LogP contribution in [0.5, 0.6) is 0 Å². The number of hydrogen-bond acceptors (Lipinski definition) is 2. The molecular formula is C9H12F2S2. The molecule has 1 heterocycles. The topological polar surface area (TPSA) is 0 Å². The van der Waals surface area contributed by atoms with Gasteiger partial charge in [-0.2, -0.15) is 8.78 Å². The summed E-state index contributed by atoms with van der Waals surface area (Å²) < 4.78 is 25.7. The van der Waals surface area contributed by atoms with Crippen LogP contribution in [0.4, 0.5) is 8.78 Å². The van der Waals surface area contributed by atoms with Crippen LogP contribution in [0.2, 0.25) is 0 Å². The first-order valence-electron chi connectivity index (χ1n) is 4.24. The lowest BCUT2D eigenvalue weighted by atomic mass is 9.47. The molecule has 0 atom stereocenters. The van der Waals surface area contributed by atoms with Gasteiger partial charge in [-0.1, -0.05) is 51.7 Å². The minimum Gasteiger partial charge on any atom is -0.193 e. The molecule has 0 aromatic heterocycles. The summed E-state index contributed by atoms with van der Waals surface area (Å²) in [5.41, 5.74) is -1.00. The van der Waals surface area contributed by atoms with Crippen molar-refractivity contribution in [3.8, 4) is 0 Å². The number of halogens is 2. The zero-order valence-electron chi connectivity index (χ0n) is 8.07. The highest BCUT2D eigenvalue weighted by atomic mass is 32.2. The Balaban J connectivity index is 2.47. The summed E-state index contributed by atoms with van der Waals surface area (Å²) in [6.07, 6.45) is 0. The van der Waals surface area contributed by atoms with Crippen molar-refractivity contribution in [1.82, 2.24) is 0 Å². The third kappa shape index (κ3) is 0.696. The quantitative estimate of drug-likeness (QED) is 0.454. The lowest BCUT2D eigenvalue weighted by molar-refractivity contribution is 0.00553. The predicted molar refractivity (Wildman–Crippen MR) is 55.4 cm³/mol. The zero-order valence-corrected chi connectivity index (χ0v) is 9.71. The maximum absolute atomic E-state index is 13.3. The van der Waals surface area contributed by atoms with Crippen LogP contribution in [0.25, 0.3) is 0 Å². The van der Waals surface area contributed by atoms with Crippen molar-refractivity contribution >= 4 is 28.8 Å². The van der Waals surface area contributed by atoms with E-state index in [1.54, 1.807) is 0 Å². The van der Waals surface area contributed by atoms with Crippen LogP contribution >= 0.6 is 24.0 Å². The smallest absolute Gasteiger partial charge is 0.193 e. The van der Waals surface area contributed by atoms with E-state index in [0.29, 0.717) is 0 Å². The van der Waals surface area contributed by atoms with Gasteiger partial charge in [0, 0.05) is 15.7 Å². The van der Waals surface area contributed by atoms with E-state index in [2.05, 4.69) is 0 Å². The SMILES string of the molecule is CC1(C)C(=S)C(C)(C)C12SC2(F)F. The van der Waals surface area contributed by atoms with Crippen molar-refractivity contribution in [1.29, 1.82) is 0 Å². The monoisotopic (exact) mass is 222 g/mol. The molecule has 1 spiro atoms. The highest BCUT2D eigenvalue weighted by molar-refractivity contribution is 8.09. The van der Waals surface area contributed by atoms with Gasteiger partial charge in [-0.3, -0.25) is 0 Å². The Kier molecular flexibility index (Phi) is 1.48. The van der Waals surface area contributed by atoms with Crippen molar-refractivity contribution < 1.29 is 8.78 Å². The van der Waals surface area contributed by atoms with E-state index in [1.165, 1.54) is 0 Å². The molecule has 13 heavy (non-hydrogen) atoms. The molecule has 0 radical (unpaired) electrons. The maximum atomic E-state index is 13.3. The lowest BCUT2D eigenvalue weighted by Crippen LogP contribution is -2.68. The molecule has 0 aromatic rings. The fourth-order valence-corrected chi connectivity index (χ4v) is 4.96. The van der Waals surface area contributed by atoms with E-state index in [9.17, 15) is 8.78 Å². The molecule has 0 N–H and O–H groups in total. The largest absolute Gasteiger partial charge is 0.311 e. The van der Waals surface area contributed by atoms with Crippen molar-refractivity contribution in [2.45, 2.75) is 37.7 Å². The van der Waals surface area contributed by atoms with Gasteiger partial charge in [0.25, 0.3) is 0 Å². The fraction of sp³-hybridized carbons (Fsp3) is 0.889. The summed E-state index contributed by atoms with van der Waals surface area (Å²) in [4.78, 5) is 0.782. The molecule has 0 aromatic carbocycles. The van der Waals surface area contributed by atoms with Crippen LogP contribution in [0.15, 0.2) is 0 Å². The molecule has 1 saturated heterocycles. The number of alkyl halides is 2. The standard InChI is InChI=1S/C9H12F2S2/c1-6(2)5(12)7(3,4)8(6)9(10,11)13-8/h1-4H3. The average Bonchev–Trinajstić information content (AvgIpc) is 2.55. The first kappa shape index (κ1) is 9.84. The maximum Gasteiger partial charge on any atom is 0.311 e. The van der Waals surface area contributed by atoms with E-state index in [4.69, 9.17) is 12.2 Å². The summed E-state index contributed by atoms with van der Waals surface area (Å²) in [5, 5.41) is -2.58. The summed E-state index contributed by atoms with van der Waals surface area (Å²) in [7, 11) is 0. The number of hydrogen-bond donors (Lipinski definition) is 0. The van der Waals surface area contributed by atoms with Crippen LogP contribution in [0.1, 0.15) is 27.7 Å². The van der Waals surface area contributed by atoms with E-state index in [-0.39, 0.29) is 0 Å². The lowest BCUT2D eigenvalue weighted by Gasteiger charge is -2.58. The summed E-state index contributed by atoms with van der Waals surface area (Å²) in [6.45, 7) is 7.31. The molecule has 1 saturated carbocycles. The molecule has 0 nitrogen and oxygen atoms in total. The van der Waals surface area contributed by atoms with Gasteiger partial charge in [0.1, 0.15) is 4.75 Å². The molecule has 4 heteroatoms. The second-order valence-electron chi connectivity index (χ2n) is 4.88. The van der Waals surface area contributed by atoms with E-state index in [0.717, 1.165) is 16.6 Å². The van der Waals surface area contributed by atoms with Crippen LogP contribution < -0.4 is 0 Å². The molecular weight excluding hydrogens is 210 g/mol. The van der Waals surface area contributed by atoms with Crippen LogP contribution in [-0.4, -0.2) is 14.9 Å². The van der Waals surface area contributed by atoms with Crippen LogP contribution in [-0.2, 0) is 0 Å². The minimum absolute atomic E-state index is 0.500. The van der Waals surface area contributed by atoms with Gasteiger partial charge in [-0.25, -0.2) is 0 Å². The molecule has 0 amide bonds. The average molecular weight is 222 g/mol. The third-order valence-electron chi connectivity index (χ3n) is 3.55. The molecule has 1 aliphatic carbocycles. The molecule has 74 valence electrons. The van der Waals surface area contributed by atoms with Crippen molar-refractivity contribution in [2.24, 2.45) is 10.8 Å². The Hall–Kier alpha value is 0.300. The van der Waals surface area contributed by atoms with Gasteiger partial charge in [0.2, 0.25) is 0 Å². The Labute approximate surface area is 86.5 Å². The van der Waals surface area contributed by atoms with Gasteiger partial charge >= 0.3 is 5.25 Å². The summed E-state index contributed by atoms with van der Waals surface area (Å²) in [5.74, 6) is 0. The number of thioether (sulfide) groups is 1. The predicted octanol–water partition coefficient (Wildman–Crippen LogP) is 3.50. The first-order valence-corrected chi connectivity index (χ1v) is 5.47. The molecule has 0 unspecified atom stereocenters. The molecule has 2 rings (SSSR count). The van der Waals surface area contributed by atoms with Crippen molar-refractivity contribution in [3.05, 3.63) is 0 Å². The van der Waals surface area contributed by atoms with Crippen LogP contribution in [0.3, 0.4) is 0 Å². The fourth-order valence-electron chi connectivity index (χ4n) is 2.97. The molecule has 0 bridgehead atoms. The van der Waals surface area contributed by atoms with Gasteiger partial charge in [-0.15, -0.1) is 0 Å². The molecule has 1 aliphatic heterocycles. The van der Waals surface area contributed by atoms with E-state index >= 15 is 0 Å². The molecule has 2 fully saturated rings. The van der Waals surface area contributed by atoms with Gasteiger partial charge in [0.05, 0.1) is 0 Å².